The van der Waals surface area contributed by atoms with Gasteiger partial charge < -0.3 is 5.32 Å². The average Bonchev–Trinajstić information content (AvgIpc) is 2.84. The van der Waals surface area contributed by atoms with E-state index in [0.717, 1.165) is 25.7 Å². The second-order valence-electron chi connectivity index (χ2n) is 7.47. The van der Waals surface area contributed by atoms with Crippen molar-refractivity contribution in [3.05, 3.63) is 0 Å². The Morgan fingerprint density at radius 3 is 1.89 bits per heavy atom. The van der Waals surface area contributed by atoms with Gasteiger partial charge in [0.2, 0.25) is 5.91 Å². The third-order valence-electron chi connectivity index (χ3n) is 5.82. The first-order chi connectivity index (χ1) is 8.77. The number of rotatable bonds is 2. The first kappa shape index (κ1) is 14.4. The van der Waals surface area contributed by atoms with Gasteiger partial charge in [0, 0.05) is 5.92 Å². The molecule has 0 aromatic rings. The molecule has 1 amide bonds. The van der Waals surface area contributed by atoms with Crippen LogP contribution in [0, 0.1) is 28.1 Å². The lowest BCUT2D eigenvalue weighted by molar-refractivity contribution is -0.125. The van der Waals surface area contributed by atoms with E-state index in [1.54, 1.807) is 0 Å². The summed E-state index contributed by atoms with van der Waals surface area (Å²) in [6.45, 7) is 8.57. The van der Waals surface area contributed by atoms with Gasteiger partial charge in [0.1, 0.15) is 5.54 Å². The first-order valence-corrected chi connectivity index (χ1v) is 7.50. The molecule has 0 aromatic carbocycles. The van der Waals surface area contributed by atoms with Crippen LogP contribution in [0.1, 0.15) is 66.2 Å². The molecule has 1 N–H and O–H groups in total. The zero-order valence-corrected chi connectivity index (χ0v) is 12.7. The minimum Gasteiger partial charge on any atom is -0.338 e. The van der Waals surface area contributed by atoms with Crippen molar-refractivity contribution < 1.29 is 4.79 Å². The van der Waals surface area contributed by atoms with Crippen molar-refractivity contribution in [1.29, 1.82) is 5.26 Å². The van der Waals surface area contributed by atoms with Crippen molar-refractivity contribution >= 4 is 5.91 Å². The highest BCUT2D eigenvalue weighted by atomic mass is 16.2. The summed E-state index contributed by atoms with van der Waals surface area (Å²) < 4.78 is 0. The predicted octanol–water partition coefficient (Wildman–Crippen LogP) is 3.40. The van der Waals surface area contributed by atoms with E-state index in [1.807, 2.05) is 0 Å². The topological polar surface area (TPSA) is 52.9 Å². The van der Waals surface area contributed by atoms with Crippen LogP contribution in [0.25, 0.3) is 0 Å². The molecule has 2 aliphatic rings. The van der Waals surface area contributed by atoms with Gasteiger partial charge in [0.15, 0.2) is 0 Å². The second kappa shape index (κ2) is 4.51. The number of hydrogen-bond acceptors (Lipinski definition) is 2. The predicted molar refractivity (Wildman–Crippen MR) is 75.2 cm³/mol. The maximum atomic E-state index is 12.5. The maximum absolute atomic E-state index is 12.5. The van der Waals surface area contributed by atoms with E-state index in [-0.39, 0.29) is 22.7 Å². The summed E-state index contributed by atoms with van der Waals surface area (Å²) in [4.78, 5) is 12.5. The average molecular weight is 262 g/mol. The summed E-state index contributed by atoms with van der Waals surface area (Å²) in [5.41, 5.74) is -0.529. The third-order valence-corrected chi connectivity index (χ3v) is 5.82. The minimum absolute atomic E-state index is 0.0356. The van der Waals surface area contributed by atoms with Crippen molar-refractivity contribution in [2.75, 3.05) is 0 Å². The molecular formula is C16H26N2O. The van der Waals surface area contributed by atoms with Crippen LogP contribution in [0.3, 0.4) is 0 Å². The van der Waals surface area contributed by atoms with Crippen LogP contribution >= 0.6 is 0 Å². The quantitative estimate of drug-likeness (QED) is 0.775. The van der Waals surface area contributed by atoms with Gasteiger partial charge in [0.25, 0.3) is 0 Å². The molecule has 0 unspecified atom stereocenters. The van der Waals surface area contributed by atoms with Crippen molar-refractivity contribution in [2.45, 2.75) is 71.8 Å². The van der Waals surface area contributed by atoms with Gasteiger partial charge in [-0.2, -0.15) is 5.26 Å². The molecule has 19 heavy (non-hydrogen) atoms. The molecule has 0 aliphatic heterocycles. The number of carbonyl (C=O) groups excluding carboxylic acids is 1. The van der Waals surface area contributed by atoms with E-state index >= 15 is 0 Å². The molecule has 2 rings (SSSR count). The van der Waals surface area contributed by atoms with Gasteiger partial charge in [-0.15, -0.1) is 0 Å². The van der Waals surface area contributed by atoms with Crippen LogP contribution in [0.4, 0.5) is 0 Å². The molecule has 0 radical (unpaired) electrons. The van der Waals surface area contributed by atoms with Gasteiger partial charge in [-0.3, -0.25) is 4.79 Å². The molecular weight excluding hydrogens is 236 g/mol. The van der Waals surface area contributed by atoms with E-state index in [0.29, 0.717) is 0 Å². The monoisotopic (exact) mass is 262 g/mol. The second-order valence-corrected chi connectivity index (χ2v) is 7.47. The van der Waals surface area contributed by atoms with Gasteiger partial charge in [-0.25, -0.2) is 0 Å². The smallest absolute Gasteiger partial charge is 0.225 e. The van der Waals surface area contributed by atoms with Crippen molar-refractivity contribution in [3.8, 4) is 6.07 Å². The first-order valence-electron chi connectivity index (χ1n) is 7.50. The van der Waals surface area contributed by atoms with Gasteiger partial charge >= 0.3 is 0 Å². The summed E-state index contributed by atoms with van der Waals surface area (Å²) in [5.74, 6) is 0.118. The molecule has 3 nitrogen and oxygen atoms in total. The maximum Gasteiger partial charge on any atom is 0.225 e. The summed E-state index contributed by atoms with van der Waals surface area (Å²) in [5, 5.41) is 12.6. The Morgan fingerprint density at radius 2 is 1.53 bits per heavy atom. The van der Waals surface area contributed by atoms with Gasteiger partial charge in [-0.1, -0.05) is 53.4 Å². The number of nitrogens with one attached hydrogen (secondary N) is 1. The van der Waals surface area contributed by atoms with Crippen LogP contribution < -0.4 is 5.32 Å². The van der Waals surface area contributed by atoms with Gasteiger partial charge in [-0.05, 0) is 23.7 Å². The molecule has 0 atom stereocenters. The van der Waals surface area contributed by atoms with E-state index in [2.05, 4.69) is 39.1 Å². The number of nitrogens with zero attached hydrogens (tertiary/aromatic N) is 1. The molecule has 0 aromatic heterocycles. The Labute approximate surface area is 116 Å². The lowest BCUT2D eigenvalue weighted by Crippen LogP contribution is -2.48. The molecule has 3 heteroatoms. The zero-order valence-electron chi connectivity index (χ0n) is 12.7. The molecule has 0 bridgehead atoms. The fourth-order valence-electron chi connectivity index (χ4n) is 3.76. The van der Waals surface area contributed by atoms with Crippen LogP contribution in [-0.2, 0) is 4.79 Å². The van der Waals surface area contributed by atoms with Crippen molar-refractivity contribution in [1.82, 2.24) is 5.32 Å². The number of nitriles is 1. The minimum atomic E-state index is -0.609. The number of amides is 1. The van der Waals surface area contributed by atoms with E-state index in [4.69, 9.17) is 0 Å². The fraction of sp³-hybridized carbons (Fsp3) is 0.875. The van der Waals surface area contributed by atoms with E-state index in [9.17, 15) is 10.1 Å². The Bertz CT molecular complexity index is 395. The largest absolute Gasteiger partial charge is 0.338 e. The summed E-state index contributed by atoms with van der Waals surface area (Å²) in [6, 6.07) is 2.39. The van der Waals surface area contributed by atoms with Crippen LogP contribution in [0.15, 0.2) is 0 Å². The zero-order chi connectivity index (χ0) is 14.3. The lowest BCUT2D eigenvalue weighted by Gasteiger charge is -2.26. The highest BCUT2D eigenvalue weighted by molar-refractivity contribution is 5.85. The van der Waals surface area contributed by atoms with Crippen LogP contribution in [-0.4, -0.2) is 11.4 Å². The highest BCUT2D eigenvalue weighted by Gasteiger charge is 2.68. The van der Waals surface area contributed by atoms with Crippen molar-refractivity contribution in [3.63, 3.8) is 0 Å². The molecule has 106 valence electrons. The Kier molecular flexibility index (Phi) is 3.41. The highest BCUT2D eigenvalue weighted by Crippen LogP contribution is 2.68. The Hall–Kier alpha value is -1.04. The molecule has 0 saturated heterocycles. The Balaban J connectivity index is 2.08. The third kappa shape index (κ3) is 2.26. The SMILES string of the molecule is CC1(C)C(C(=O)NC2(C#N)CCCCCC2)C1(C)C. The fourth-order valence-corrected chi connectivity index (χ4v) is 3.76. The normalized spacial score (nSPS) is 27.9. The number of hydrogen-bond donors (Lipinski definition) is 1. The molecule has 0 heterocycles. The van der Waals surface area contributed by atoms with Gasteiger partial charge in [0.05, 0.1) is 6.07 Å². The molecule has 0 spiro atoms. The van der Waals surface area contributed by atoms with Crippen molar-refractivity contribution in [2.24, 2.45) is 16.7 Å². The van der Waals surface area contributed by atoms with Crippen LogP contribution in [0.2, 0.25) is 0 Å². The Morgan fingerprint density at radius 1 is 1.05 bits per heavy atom. The summed E-state index contributed by atoms with van der Waals surface area (Å²) in [7, 11) is 0. The van der Waals surface area contributed by atoms with E-state index < -0.39 is 5.54 Å². The number of carbonyl (C=O) groups is 1. The molecule has 2 saturated carbocycles. The summed E-state index contributed by atoms with van der Waals surface area (Å²) >= 11 is 0. The van der Waals surface area contributed by atoms with Crippen LogP contribution in [0.5, 0.6) is 0 Å². The standard InChI is InChI=1S/C16H26N2O/c1-14(2)12(15(14,3)4)13(19)18-16(11-17)9-7-5-6-8-10-16/h12H,5-10H2,1-4H3,(H,18,19). The lowest BCUT2D eigenvalue weighted by atomic mass is 9.91. The molecule has 2 fully saturated rings. The summed E-state index contributed by atoms with van der Waals surface area (Å²) in [6.07, 6.45) is 6.07. The molecule has 2 aliphatic carbocycles. The van der Waals surface area contributed by atoms with E-state index in [1.165, 1.54) is 12.8 Å².